The second-order valence-electron chi connectivity index (χ2n) is 13.6. The molecule has 8 aromatic carbocycles. The van der Waals surface area contributed by atoms with Gasteiger partial charge in [-0.05, 0) is 109 Å². The van der Waals surface area contributed by atoms with Crippen molar-refractivity contribution < 1.29 is 9.13 Å². The van der Waals surface area contributed by atoms with Gasteiger partial charge in [0.05, 0.1) is 30.0 Å². The first-order valence-electron chi connectivity index (χ1n) is 18.1. The molecule has 0 unspecified atom stereocenters. The van der Waals surface area contributed by atoms with Gasteiger partial charge in [0.15, 0.2) is 0 Å². The van der Waals surface area contributed by atoms with E-state index in [1.807, 2.05) is 53.4 Å². The fourth-order valence-corrected chi connectivity index (χ4v) is 8.27. The Kier molecular flexibility index (Phi) is 7.55. The summed E-state index contributed by atoms with van der Waals surface area (Å²) in [7, 11) is 1.69. The summed E-state index contributed by atoms with van der Waals surface area (Å²) in [5.41, 5.74) is 10.6. The third-order valence-corrected chi connectivity index (χ3v) is 10.6. The molecule has 3 nitrogen and oxygen atoms in total. The van der Waals surface area contributed by atoms with Gasteiger partial charge in [-0.3, -0.25) is 4.98 Å². The number of rotatable bonds is 6. The maximum atomic E-state index is 17.2. The number of pyridine rings is 1. The number of hydrogen-bond acceptors (Lipinski definition) is 2. The number of hydrogen-bond donors (Lipinski definition) is 0. The predicted octanol–water partition coefficient (Wildman–Crippen LogP) is 13.3. The second-order valence-corrected chi connectivity index (χ2v) is 13.6. The van der Waals surface area contributed by atoms with Crippen molar-refractivity contribution >= 4 is 43.4 Å². The maximum Gasteiger partial charge on any atom is 0.147 e. The molecule has 0 saturated carbocycles. The molecular formula is C50H33FN2O. The molecule has 0 radical (unpaired) electrons. The van der Waals surface area contributed by atoms with Crippen LogP contribution in [0.2, 0.25) is 0 Å². The predicted molar refractivity (Wildman–Crippen MR) is 222 cm³/mol. The Hall–Kier alpha value is -7.04. The summed E-state index contributed by atoms with van der Waals surface area (Å²) in [6, 6.07) is 58.0. The normalized spacial score (nSPS) is 11.5. The van der Waals surface area contributed by atoms with E-state index in [1.54, 1.807) is 13.2 Å². The highest BCUT2D eigenvalue weighted by molar-refractivity contribution is 6.21. The molecule has 0 fully saturated rings. The summed E-state index contributed by atoms with van der Waals surface area (Å²) in [4.78, 5) is 4.53. The molecule has 0 aliphatic heterocycles. The highest BCUT2D eigenvalue weighted by atomic mass is 19.1. The smallest absolute Gasteiger partial charge is 0.147 e. The van der Waals surface area contributed by atoms with Crippen LogP contribution in [0.1, 0.15) is 0 Å². The minimum absolute atomic E-state index is 0.313. The Labute approximate surface area is 312 Å². The first-order chi connectivity index (χ1) is 26.7. The summed E-state index contributed by atoms with van der Waals surface area (Å²) in [5.74, 6) is 0.487. The van der Waals surface area contributed by atoms with Crippen LogP contribution in [0.4, 0.5) is 4.39 Å². The third-order valence-electron chi connectivity index (χ3n) is 10.6. The molecule has 54 heavy (non-hydrogen) atoms. The molecule has 0 aliphatic carbocycles. The number of ether oxygens (including phenoxy) is 1. The number of aromatic nitrogens is 2. The van der Waals surface area contributed by atoms with Crippen LogP contribution in [0.5, 0.6) is 5.75 Å². The van der Waals surface area contributed by atoms with E-state index in [9.17, 15) is 0 Å². The zero-order chi connectivity index (χ0) is 36.2. The maximum absolute atomic E-state index is 17.2. The monoisotopic (exact) mass is 696 g/mol. The summed E-state index contributed by atoms with van der Waals surface area (Å²) >= 11 is 0. The molecule has 0 spiro atoms. The molecule has 0 N–H and O–H groups in total. The number of methoxy groups -OCH3 is 1. The van der Waals surface area contributed by atoms with Crippen molar-refractivity contribution in [1.82, 2.24) is 9.55 Å². The van der Waals surface area contributed by atoms with Crippen molar-refractivity contribution in [3.63, 3.8) is 0 Å². The Morgan fingerprint density at radius 3 is 1.70 bits per heavy atom. The van der Waals surface area contributed by atoms with E-state index in [1.165, 1.54) is 0 Å². The van der Waals surface area contributed by atoms with Crippen molar-refractivity contribution in [1.29, 1.82) is 0 Å². The molecule has 0 aliphatic rings. The van der Waals surface area contributed by atoms with Gasteiger partial charge in [-0.25, -0.2) is 4.39 Å². The molecular weight excluding hydrogens is 664 g/mol. The summed E-state index contributed by atoms with van der Waals surface area (Å²) in [5, 5.41) is 6.39. The lowest BCUT2D eigenvalue weighted by atomic mass is 9.86. The van der Waals surface area contributed by atoms with Crippen LogP contribution in [0.3, 0.4) is 0 Å². The van der Waals surface area contributed by atoms with Gasteiger partial charge in [0.1, 0.15) is 11.6 Å². The first-order valence-corrected chi connectivity index (χ1v) is 18.1. The van der Waals surface area contributed by atoms with Crippen molar-refractivity contribution in [2.24, 2.45) is 0 Å². The molecule has 0 saturated heterocycles. The highest BCUT2D eigenvalue weighted by Gasteiger charge is 2.22. The minimum atomic E-state index is -0.313. The Balaban J connectivity index is 1.23. The number of benzene rings is 8. The number of fused-ring (bicyclic) bond motifs is 5. The van der Waals surface area contributed by atoms with Crippen molar-refractivity contribution in [2.75, 3.05) is 7.11 Å². The SMILES string of the molecule is COc1cccc(-c2c3ccccc3c(-c3ccc(-n4c5cnccc5c5c(-c6ccccc6)cc(-c6ccccc6)cc54)c(F)c3)c3ccccc23)c1. The molecule has 0 atom stereocenters. The molecule has 256 valence electrons. The van der Waals surface area contributed by atoms with Crippen LogP contribution >= 0.6 is 0 Å². The van der Waals surface area contributed by atoms with E-state index in [0.717, 1.165) is 93.6 Å². The second kappa shape index (κ2) is 12.9. The van der Waals surface area contributed by atoms with Gasteiger partial charge in [0.2, 0.25) is 0 Å². The van der Waals surface area contributed by atoms with E-state index in [4.69, 9.17) is 4.74 Å². The molecule has 10 aromatic rings. The summed E-state index contributed by atoms with van der Waals surface area (Å²) in [6.45, 7) is 0. The first kappa shape index (κ1) is 31.7. The molecule has 4 heteroatoms. The van der Waals surface area contributed by atoms with Crippen LogP contribution in [-0.4, -0.2) is 16.7 Å². The Morgan fingerprint density at radius 1 is 0.481 bits per heavy atom. The third kappa shape index (κ3) is 5.07. The van der Waals surface area contributed by atoms with Crippen LogP contribution in [0.25, 0.3) is 93.5 Å². The molecule has 10 rings (SSSR count). The van der Waals surface area contributed by atoms with Gasteiger partial charge in [-0.2, -0.15) is 0 Å². The van der Waals surface area contributed by atoms with Gasteiger partial charge < -0.3 is 9.30 Å². The van der Waals surface area contributed by atoms with Crippen molar-refractivity contribution in [2.45, 2.75) is 0 Å². The van der Waals surface area contributed by atoms with E-state index < -0.39 is 0 Å². The van der Waals surface area contributed by atoms with E-state index in [0.29, 0.717) is 5.69 Å². The van der Waals surface area contributed by atoms with Gasteiger partial charge in [0.25, 0.3) is 0 Å². The summed E-state index contributed by atoms with van der Waals surface area (Å²) < 4.78 is 24.8. The zero-order valence-electron chi connectivity index (χ0n) is 29.5. The lowest BCUT2D eigenvalue weighted by Gasteiger charge is -2.19. The quantitative estimate of drug-likeness (QED) is 0.162. The van der Waals surface area contributed by atoms with Crippen molar-refractivity contribution in [3.05, 3.63) is 188 Å². The Bertz CT molecular complexity index is 2980. The van der Waals surface area contributed by atoms with Gasteiger partial charge >= 0.3 is 0 Å². The molecule has 2 heterocycles. The van der Waals surface area contributed by atoms with Crippen LogP contribution in [0.15, 0.2) is 182 Å². The van der Waals surface area contributed by atoms with Gasteiger partial charge in [-0.1, -0.05) is 127 Å². The number of halogens is 1. The molecule has 0 amide bonds. The minimum Gasteiger partial charge on any atom is -0.497 e. The largest absolute Gasteiger partial charge is 0.497 e. The fraction of sp³-hybridized carbons (Fsp3) is 0.0200. The van der Waals surface area contributed by atoms with E-state index in [2.05, 4.69) is 132 Å². The lowest BCUT2D eigenvalue weighted by Crippen LogP contribution is -1.99. The van der Waals surface area contributed by atoms with E-state index in [-0.39, 0.29) is 5.82 Å². The topological polar surface area (TPSA) is 27.1 Å². The molecule has 2 aromatic heterocycles. The standard InChI is InChI=1S/C50H33FN2O/c1-54-37-18-12-17-34(27-37)48-38-19-8-10-21-40(38)49(41-22-11-9-20-39(41)48)35-23-24-45(44(51)29-35)53-46-30-36(32-13-4-2-5-14-32)28-43(33-15-6-3-7-16-33)50(46)42-25-26-52-31-47(42)53/h2-31H,1H3. The average Bonchev–Trinajstić information content (AvgIpc) is 3.57. The highest BCUT2D eigenvalue weighted by Crippen LogP contribution is 2.46. The van der Waals surface area contributed by atoms with E-state index >= 15 is 4.39 Å². The molecule has 0 bridgehead atoms. The number of nitrogens with zero attached hydrogens (tertiary/aromatic N) is 2. The average molecular weight is 697 g/mol. The van der Waals surface area contributed by atoms with Crippen LogP contribution < -0.4 is 4.74 Å². The van der Waals surface area contributed by atoms with Gasteiger partial charge in [-0.15, -0.1) is 0 Å². The van der Waals surface area contributed by atoms with Crippen LogP contribution in [-0.2, 0) is 0 Å². The lowest BCUT2D eigenvalue weighted by molar-refractivity contribution is 0.415. The fourth-order valence-electron chi connectivity index (χ4n) is 8.27. The Morgan fingerprint density at radius 2 is 1.07 bits per heavy atom. The summed E-state index contributed by atoms with van der Waals surface area (Å²) in [6.07, 6.45) is 3.66. The van der Waals surface area contributed by atoms with Gasteiger partial charge in [0, 0.05) is 17.0 Å². The zero-order valence-corrected chi connectivity index (χ0v) is 29.5. The van der Waals surface area contributed by atoms with Crippen LogP contribution in [0, 0.1) is 5.82 Å². The van der Waals surface area contributed by atoms with Crippen molar-refractivity contribution in [3.8, 4) is 55.9 Å².